The van der Waals surface area contributed by atoms with Crippen molar-refractivity contribution in [3.63, 3.8) is 0 Å². The summed E-state index contributed by atoms with van der Waals surface area (Å²) in [6, 6.07) is 7.41. The number of aliphatic carboxylic acids is 1. The second-order valence-electron chi connectivity index (χ2n) is 4.56. The first-order valence-electron chi connectivity index (χ1n) is 6.03. The van der Waals surface area contributed by atoms with Gasteiger partial charge in [0.25, 0.3) is 0 Å². The number of hydrogen-bond donors (Lipinski definition) is 2. The Balaban J connectivity index is 3.04. The Kier molecular flexibility index (Phi) is 5.23. The average Bonchev–Trinajstić information content (AvgIpc) is 2.35. The largest absolute Gasteiger partial charge is 0.481 e. The lowest BCUT2D eigenvalue weighted by atomic mass is 9.80. The van der Waals surface area contributed by atoms with Crippen molar-refractivity contribution in [2.75, 3.05) is 6.26 Å². The molecular weight excluding hydrogens is 248 g/mol. The van der Waals surface area contributed by atoms with Crippen LogP contribution in [0.5, 0.6) is 0 Å². The van der Waals surface area contributed by atoms with Gasteiger partial charge in [-0.3, -0.25) is 4.79 Å². The van der Waals surface area contributed by atoms with Gasteiger partial charge in [-0.05, 0) is 37.3 Å². The van der Waals surface area contributed by atoms with E-state index in [1.807, 2.05) is 25.3 Å². The Morgan fingerprint density at radius 2 is 1.94 bits per heavy atom. The predicted molar refractivity (Wildman–Crippen MR) is 73.8 cm³/mol. The summed E-state index contributed by atoms with van der Waals surface area (Å²) in [6.07, 6.45) is 3.17. The van der Waals surface area contributed by atoms with E-state index in [4.69, 9.17) is 0 Å². The van der Waals surface area contributed by atoms with E-state index in [1.54, 1.807) is 30.8 Å². The minimum Gasteiger partial charge on any atom is -0.481 e. The number of hydrogen-bond acceptors (Lipinski definition) is 3. The van der Waals surface area contributed by atoms with Crippen LogP contribution in [0.3, 0.4) is 0 Å². The Bertz CT molecular complexity index is 398. The minimum absolute atomic E-state index is 0.465. The van der Waals surface area contributed by atoms with Crippen LogP contribution in [0.15, 0.2) is 29.2 Å². The van der Waals surface area contributed by atoms with Crippen molar-refractivity contribution < 1.29 is 15.0 Å². The van der Waals surface area contributed by atoms with Crippen molar-refractivity contribution in [3.05, 3.63) is 29.8 Å². The molecule has 0 fully saturated rings. The molecule has 2 unspecified atom stereocenters. The number of benzene rings is 1. The monoisotopic (exact) mass is 268 g/mol. The van der Waals surface area contributed by atoms with Gasteiger partial charge < -0.3 is 10.2 Å². The van der Waals surface area contributed by atoms with Crippen LogP contribution in [-0.4, -0.2) is 22.4 Å². The summed E-state index contributed by atoms with van der Waals surface area (Å²) in [5.41, 5.74) is -0.681. The van der Waals surface area contributed by atoms with Crippen LogP contribution in [0.4, 0.5) is 0 Å². The number of aliphatic hydroxyl groups is 1. The number of rotatable bonds is 6. The van der Waals surface area contributed by atoms with Crippen molar-refractivity contribution in [2.24, 2.45) is 5.92 Å². The fourth-order valence-electron chi connectivity index (χ4n) is 2.06. The Labute approximate surface area is 112 Å². The van der Waals surface area contributed by atoms with Crippen molar-refractivity contribution in [1.29, 1.82) is 0 Å². The third-order valence-electron chi connectivity index (χ3n) is 3.23. The zero-order valence-electron chi connectivity index (χ0n) is 11.0. The molecule has 3 nitrogen and oxygen atoms in total. The molecule has 0 aliphatic heterocycles. The first-order chi connectivity index (χ1) is 8.43. The molecule has 1 aromatic carbocycles. The molecule has 4 heteroatoms. The molecule has 0 heterocycles. The molecule has 0 radical (unpaired) electrons. The molecule has 0 aromatic heterocycles. The normalized spacial score (nSPS) is 16.0. The van der Waals surface area contributed by atoms with Crippen LogP contribution in [0.1, 0.15) is 32.3 Å². The van der Waals surface area contributed by atoms with Crippen LogP contribution in [0.2, 0.25) is 0 Å². The summed E-state index contributed by atoms with van der Waals surface area (Å²) in [5, 5.41) is 19.8. The smallest absolute Gasteiger partial charge is 0.309 e. The van der Waals surface area contributed by atoms with Gasteiger partial charge in [-0.25, -0.2) is 0 Å². The lowest BCUT2D eigenvalue weighted by Gasteiger charge is -2.30. The molecule has 0 saturated heterocycles. The quantitative estimate of drug-likeness (QED) is 0.778. The maximum Gasteiger partial charge on any atom is 0.309 e. The van der Waals surface area contributed by atoms with Gasteiger partial charge in [0.2, 0.25) is 0 Å². The topological polar surface area (TPSA) is 57.5 Å². The van der Waals surface area contributed by atoms with E-state index in [9.17, 15) is 15.0 Å². The van der Waals surface area contributed by atoms with Crippen molar-refractivity contribution in [3.8, 4) is 0 Å². The van der Waals surface area contributed by atoms with E-state index < -0.39 is 17.5 Å². The second-order valence-corrected chi connectivity index (χ2v) is 5.44. The molecule has 0 aliphatic carbocycles. The molecule has 18 heavy (non-hydrogen) atoms. The van der Waals surface area contributed by atoms with Gasteiger partial charge in [-0.2, -0.15) is 0 Å². The number of carbonyl (C=O) groups is 1. The standard InChI is InChI=1S/C14H20O3S/c1-4-5-12(13(15)16)14(2,17)10-6-8-11(18-3)9-7-10/h6-9,12,17H,4-5H2,1-3H3,(H,15,16). The molecule has 1 rings (SSSR count). The lowest BCUT2D eigenvalue weighted by molar-refractivity contribution is -0.152. The Morgan fingerprint density at radius 3 is 2.33 bits per heavy atom. The van der Waals surface area contributed by atoms with Crippen molar-refractivity contribution >= 4 is 17.7 Å². The fraction of sp³-hybridized carbons (Fsp3) is 0.500. The van der Waals surface area contributed by atoms with Crippen LogP contribution >= 0.6 is 11.8 Å². The van der Waals surface area contributed by atoms with Gasteiger partial charge in [0.05, 0.1) is 5.92 Å². The molecule has 2 atom stereocenters. The van der Waals surface area contributed by atoms with E-state index in [1.165, 1.54) is 0 Å². The number of carboxylic acids is 1. The molecular formula is C14H20O3S. The van der Waals surface area contributed by atoms with E-state index in [0.717, 1.165) is 11.3 Å². The average molecular weight is 268 g/mol. The van der Waals surface area contributed by atoms with Crippen molar-refractivity contribution in [2.45, 2.75) is 37.2 Å². The third-order valence-corrected chi connectivity index (χ3v) is 3.97. The minimum atomic E-state index is -1.33. The van der Waals surface area contributed by atoms with Crippen LogP contribution in [0, 0.1) is 5.92 Å². The molecule has 0 spiro atoms. The van der Waals surface area contributed by atoms with Crippen LogP contribution < -0.4 is 0 Å². The molecule has 2 N–H and O–H groups in total. The third kappa shape index (κ3) is 3.27. The zero-order chi connectivity index (χ0) is 13.8. The van der Waals surface area contributed by atoms with Gasteiger partial charge in [-0.15, -0.1) is 11.8 Å². The van der Waals surface area contributed by atoms with Gasteiger partial charge in [0, 0.05) is 4.90 Å². The van der Waals surface area contributed by atoms with Crippen LogP contribution in [-0.2, 0) is 10.4 Å². The summed E-state index contributed by atoms with van der Waals surface area (Å²) in [4.78, 5) is 12.4. The number of thioether (sulfide) groups is 1. The first kappa shape index (κ1) is 15.1. The van der Waals surface area contributed by atoms with E-state index in [-0.39, 0.29) is 0 Å². The zero-order valence-corrected chi connectivity index (χ0v) is 11.8. The maximum atomic E-state index is 11.3. The van der Waals surface area contributed by atoms with Gasteiger partial charge >= 0.3 is 5.97 Å². The lowest BCUT2D eigenvalue weighted by Crippen LogP contribution is -2.37. The highest BCUT2D eigenvalue weighted by Crippen LogP contribution is 2.33. The molecule has 0 amide bonds. The maximum absolute atomic E-state index is 11.3. The van der Waals surface area contributed by atoms with E-state index in [2.05, 4.69) is 0 Å². The number of carboxylic acid groups (broad SMARTS) is 1. The summed E-state index contributed by atoms with van der Waals surface area (Å²) in [7, 11) is 0. The van der Waals surface area contributed by atoms with Gasteiger partial charge in [0.1, 0.15) is 5.60 Å². The highest BCUT2D eigenvalue weighted by Gasteiger charge is 2.38. The highest BCUT2D eigenvalue weighted by molar-refractivity contribution is 7.98. The molecule has 100 valence electrons. The Morgan fingerprint density at radius 1 is 1.39 bits per heavy atom. The van der Waals surface area contributed by atoms with Crippen LogP contribution in [0.25, 0.3) is 0 Å². The van der Waals surface area contributed by atoms with Gasteiger partial charge in [0.15, 0.2) is 0 Å². The molecule has 0 saturated carbocycles. The van der Waals surface area contributed by atoms with Crippen molar-refractivity contribution in [1.82, 2.24) is 0 Å². The SMILES string of the molecule is CCCC(C(=O)O)C(C)(O)c1ccc(SC)cc1. The van der Waals surface area contributed by atoms with E-state index in [0.29, 0.717) is 12.0 Å². The predicted octanol–water partition coefficient (Wildman–Crippen LogP) is 3.12. The molecule has 0 aliphatic rings. The summed E-state index contributed by atoms with van der Waals surface area (Å²) in [5.74, 6) is -1.72. The summed E-state index contributed by atoms with van der Waals surface area (Å²) >= 11 is 1.62. The first-order valence-corrected chi connectivity index (χ1v) is 7.25. The Hall–Kier alpha value is -1.00. The fourth-order valence-corrected chi connectivity index (χ4v) is 2.47. The summed E-state index contributed by atoms with van der Waals surface area (Å²) < 4.78 is 0. The molecule has 1 aromatic rings. The molecule has 0 bridgehead atoms. The van der Waals surface area contributed by atoms with Gasteiger partial charge in [-0.1, -0.05) is 25.5 Å². The summed E-state index contributed by atoms with van der Waals surface area (Å²) in [6.45, 7) is 3.50. The second kappa shape index (κ2) is 6.25. The van der Waals surface area contributed by atoms with E-state index >= 15 is 0 Å². The highest BCUT2D eigenvalue weighted by atomic mass is 32.2.